The zero-order valence-electron chi connectivity index (χ0n) is 17.3. The minimum Gasteiger partial charge on any atom is -0.327 e. The molecule has 28 heavy (non-hydrogen) atoms. The number of carbonyl (C=O) groups is 1. The Labute approximate surface area is 164 Å². The molecule has 1 heterocycles. The van der Waals surface area contributed by atoms with E-state index >= 15 is 0 Å². The second-order valence-corrected chi connectivity index (χ2v) is 8.78. The SMILES string of the molecule is CON(C)C(=O)c1ccc2c(c1)nc(C(C)(C)C)n2CC1CCC(F)(F)CC1. The van der Waals surface area contributed by atoms with E-state index in [2.05, 4.69) is 25.3 Å². The van der Waals surface area contributed by atoms with Crippen LogP contribution in [-0.2, 0) is 16.8 Å². The van der Waals surface area contributed by atoms with E-state index in [9.17, 15) is 13.6 Å². The Kier molecular flexibility index (Phi) is 5.49. The molecule has 1 amide bonds. The number of fused-ring (bicyclic) bond motifs is 1. The molecule has 7 heteroatoms. The van der Waals surface area contributed by atoms with E-state index in [0.29, 0.717) is 24.9 Å². The molecule has 0 bridgehead atoms. The van der Waals surface area contributed by atoms with Gasteiger partial charge in [-0.3, -0.25) is 9.63 Å². The molecule has 0 saturated heterocycles. The van der Waals surface area contributed by atoms with Crippen molar-refractivity contribution in [2.24, 2.45) is 5.92 Å². The van der Waals surface area contributed by atoms with Crippen LogP contribution >= 0.6 is 0 Å². The molecule has 1 fully saturated rings. The Morgan fingerprint density at radius 1 is 1.32 bits per heavy atom. The maximum atomic E-state index is 13.5. The normalized spacial score (nSPS) is 17.8. The highest BCUT2D eigenvalue weighted by molar-refractivity contribution is 5.96. The quantitative estimate of drug-likeness (QED) is 0.702. The summed E-state index contributed by atoms with van der Waals surface area (Å²) >= 11 is 0. The van der Waals surface area contributed by atoms with Crippen LogP contribution in [0.4, 0.5) is 8.78 Å². The molecular weight excluding hydrogens is 364 g/mol. The average molecular weight is 393 g/mol. The first-order valence-corrected chi connectivity index (χ1v) is 9.72. The molecule has 0 spiro atoms. The predicted octanol–water partition coefficient (Wildman–Crippen LogP) is 4.79. The number of hydrogen-bond donors (Lipinski definition) is 0. The summed E-state index contributed by atoms with van der Waals surface area (Å²) in [7, 11) is 3.00. The number of aromatic nitrogens is 2. The Balaban J connectivity index is 1.97. The van der Waals surface area contributed by atoms with E-state index in [1.54, 1.807) is 19.2 Å². The maximum absolute atomic E-state index is 13.5. The number of hydroxylamine groups is 2. The number of carbonyl (C=O) groups excluding carboxylic acids is 1. The molecule has 1 aliphatic rings. The summed E-state index contributed by atoms with van der Waals surface area (Å²) in [5.41, 5.74) is 1.96. The van der Waals surface area contributed by atoms with E-state index in [4.69, 9.17) is 9.82 Å². The van der Waals surface area contributed by atoms with Crippen LogP contribution in [0.1, 0.15) is 62.6 Å². The standard InChI is InChI=1S/C21H29F2N3O2/c1-20(2,3)19-24-16-12-15(18(27)25(4)28-5)6-7-17(16)26(19)13-14-8-10-21(22,23)11-9-14/h6-7,12,14H,8-11,13H2,1-5H3. The lowest BCUT2D eigenvalue weighted by Crippen LogP contribution is -2.28. The molecule has 154 valence electrons. The molecule has 0 unspecified atom stereocenters. The van der Waals surface area contributed by atoms with Crippen molar-refractivity contribution in [3.05, 3.63) is 29.6 Å². The largest absolute Gasteiger partial charge is 0.327 e. The molecule has 3 rings (SSSR count). The van der Waals surface area contributed by atoms with E-state index in [1.165, 1.54) is 12.2 Å². The average Bonchev–Trinajstić information content (AvgIpc) is 3.00. The summed E-state index contributed by atoms with van der Waals surface area (Å²) in [6.07, 6.45) is 0.950. The number of hydrogen-bond acceptors (Lipinski definition) is 3. The number of halogens is 2. The minimum absolute atomic E-state index is 0.0445. The lowest BCUT2D eigenvalue weighted by Gasteiger charge is -2.30. The lowest BCUT2D eigenvalue weighted by atomic mass is 9.86. The Morgan fingerprint density at radius 2 is 1.96 bits per heavy atom. The second kappa shape index (κ2) is 7.43. The van der Waals surface area contributed by atoms with Crippen LogP contribution in [0.5, 0.6) is 0 Å². The maximum Gasteiger partial charge on any atom is 0.277 e. The Morgan fingerprint density at radius 3 is 2.54 bits per heavy atom. The summed E-state index contributed by atoms with van der Waals surface area (Å²) in [6, 6.07) is 5.43. The van der Waals surface area contributed by atoms with Gasteiger partial charge in [-0.1, -0.05) is 20.8 Å². The monoisotopic (exact) mass is 393 g/mol. The highest BCUT2D eigenvalue weighted by Crippen LogP contribution is 2.38. The summed E-state index contributed by atoms with van der Waals surface area (Å²) in [5.74, 6) is -1.66. The van der Waals surface area contributed by atoms with Gasteiger partial charge in [-0.05, 0) is 37.0 Å². The van der Waals surface area contributed by atoms with Crippen LogP contribution in [0.15, 0.2) is 18.2 Å². The first-order chi connectivity index (χ1) is 13.0. The van der Waals surface area contributed by atoms with Gasteiger partial charge in [-0.2, -0.15) is 0 Å². The molecule has 1 saturated carbocycles. The Hall–Kier alpha value is -2.02. The minimum atomic E-state index is -2.52. The number of imidazole rings is 1. The highest BCUT2D eigenvalue weighted by atomic mass is 19.3. The topological polar surface area (TPSA) is 47.4 Å². The van der Waals surface area contributed by atoms with E-state index in [0.717, 1.165) is 16.9 Å². The number of nitrogens with zero attached hydrogens (tertiary/aromatic N) is 3. The summed E-state index contributed by atoms with van der Waals surface area (Å²) in [5, 5.41) is 1.17. The Bertz CT molecular complexity index is 860. The summed E-state index contributed by atoms with van der Waals surface area (Å²) < 4.78 is 29.2. The third-order valence-electron chi connectivity index (χ3n) is 5.50. The van der Waals surface area contributed by atoms with Crippen molar-refractivity contribution >= 4 is 16.9 Å². The van der Waals surface area contributed by atoms with Crippen molar-refractivity contribution in [2.75, 3.05) is 14.2 Å². The lowest BCUT2D eigenvalue weighted by molar-refractivity contribution is -0.0756. The molecule has 5 nitrogen and oxygen atoms in total. The van der Waals surface area contributed by atoms with Crippen LogP contribution in [0.2, 0.25) is 0 Å². The molecule has 0 radical (unpaired) electrons. The molecule has 0 N–H and O–H groups in total. The molecule has 1 aromatic carbocycles. The number of amides is 1. The predicted molar refractivity (Wildman–Crippen MR) is 104 cm³/mol. The second-order valence-electron chi connectivity index (χ2n) is 8.78. The van der Waals surface area contributed by atoms with Gasteiger partial charge in [-0.15, -0.1) is 0 Å². The van der Waals surface area contributed by atoms with Crippen molar-refractivity contribution in [1.82, 2.24) is 14.6 Å². The van der Waals surface area contributed by atoms with Gasteiger partial charge in [0.05, 0.1) is 18.1 Å². The molecule has 0 aliphatic heterocycles. The third kappa shape index (κ3) is 4.19. The van der Waals surface area contributed by atoms with Gasteiger partial charge in [-0.25, -0.2) is 18.8 Å². The van der Waals surface area contributed by atoms with Crippen LogP contribution in [0, 0.1) is 5.92 Å². The van der Waals surface area contributed by atoms with Gasteiger partial charge in [0.15, 0.2) is 0 Å². The molecule has 1 aromatic heterocycles. The van der Waals surface area contributed by atoms with E-state index in [-0.39, 0.29) is 30.1 Å². The van der Waals surface area contributed by atoms with Crippen LogP contribution in [0.3, 0.4) is 0 Å². The molecule has 0 atom stereocenters. The smallest absolute Gasteiger partial charge is 0.277 e. The van der Waals surface area contributed by atoms with Crippen LogP contribution in [0.25, 0.3) is 11.0 Å². The number of alkyl halides is 2. The van der Waals surface area contributed by atoms with Gasteiger partial charge < -0.3 is 4.57 Å². The van der Waals surface area contributed by atoms with Gasteiger partial charge in [0, 0.05) is 37.4 Å². The fourth-order valence-corrected chi connectivity index (χ4v) is 3.83. The fraction of sp³-hybridized carbons (Fsp3) is 0.619. The third-order valence-corrected chi connectivity index (χ3v) is 5.50. The van der Waals surface area contributed by atoms with Crippen molar-refractivity contribution in [2.45, 2.75) is 64.3 Å². The van der Waals surface area contributed by atoms with Crippen LogP contribution in [-0.4, -0.2) is 40.6 Å². The van der Waals surface area contributed by atoms with Gasteiger partial charge >= 0.3 is 0 Å². The van der Waals surface area contributed by atoms with Crippen LogP contribution < -0.4 is 0 Å². The first-order valence-electron chi connectivity index (χ1n) is 9.72. The zero-order valence-corrected chi connectivity index (χ0v) is 17.3. The number of benzene rings is 1. The van der Waals surface area contributed by atoms with Gasteiger partial charge in [0.2, 0.25) is 5.92 Å². The van der Waals surface area contributed by atoms with E-state index < -0.39 is 5.92 Å². The molecule has 1 aliphatic carbocycles. The molecule has 2 aromatic rings. The number of rotatable bonds is 4. The van der Waals surface area contributed by atoms with Gasteiger partial charge in [0.1, 0.15) is 5.82 Å². The summed E-state index contributed by atoms with van der Waals surface area (Å²) in [6.45, 7) is 6.93. The van der Waals surface area contributed by atoms with Crippen molar-refractivity contribution < 1.29 is 18.4 Å². The van der Waals surface area contributed by atoms with E-state index in [1.807, 2.05) is 6.07 Å². The zero-order chi connectivity index (χ0) is 20.7. The van der Waals surface area contributed by atoms with Crippen molar-refractivity contribution in [1.29, 1.82) is 0 Å². The summed E-state index contributed by atoms with van der Waals surface area (Å²) in [4.78, 5) is 22.2. The molecular formula is C21H29F2N3O2. The highest BCUT2D eigenvalue weighted by Gasteiger charge is 2.35. The van der Waals surface area contributed by atoms with Gasteiger partial charge in [0.25, 0.3) is 5.91 Å². The van der Waals surface area contributed by atoms with Crippen molar-refractivity contribution in [3.8, 4) is 0 Å². The van der Waals surface area contributed by atoms with Crippen molar-refractivity contribution in [3.63, 3.8) is 0 Å². The fourth-order valence-electron chi connectivity index (χ4n) is 3.83. The first kappa shape index (κ1) is 20.7.